The highest BCUT2D eigenvalue weighted by atomic mass is 16.2. The first-order valence-electron chi connectivity index (χ1n) is 4.27. The van der Waals surface area contributed by atoms with Gasteiger partial charge in [0.05, 0.1) is 11.7 Å². The zero-order chi connectivity index (χ0) is 9.84. The maximum atomic E-state index is 11.1. The SMILES string of the molecule is CC(=O)N(C)C(C)c1ccccn1. The summed E-state index contributed by atoms with van der Waals surface area (Å²) in [6.07, 6.45) is 1.74. The summed E-state index contributed by atoms with van der Waals surface area (Å²) < 4.78 is 0. The second-order valence-corrected chi connectivity index (χ2v) is 3.06. The van der Waals surface area contributed by atoms with E-state index in [1.165, 1.54) is 0 Å². The molecular formula is C10H14N2O. The van der Waals surface area contributed by atoms with E-state index in [1.54, 1.807) is 25.1 Å². The lowest BCUT2D eigenvalue weighted by Gasteiger charge is -2.22. The number of nitrogens with zero attached hydrogens (tertiary/aromatic N) is 2. The summed E-state index contributed by atoms with van der Waals surface area (Å²) in [5.74, 6) is 0.0538. The molecule has 3 nitrogen and oxygen atoms in total. The Balaban J connectivity index is 2.79. The van der Waals surface area contributed by atoms with Gasteiger partial charge in [0.15, 0.2) is 0 Å². The Morgan fingerprint density at radius 2 is 2.23 bits per heavy atom. The Morgan fingerprint density at radius 1 is 1.54 bits per heavy atom. The molecule has 1 unspecified atom stereocenters. The fourth-order valence-corrected chi connectivity index (χ4v) is 1.09. The third kappa shape index (κ3) is 2.28. The smallest absolute Gasteiger partial charge is 0.219 e. The molecule has 0 bridgehead atoms. The molecule has 1 rings (SSSR count). The van der Waals surface area contributed by atoms with Crippen molar-refractivity contribution < 1.29 is 4.79 Å². The third-order valence-electron chi connectivity index (χ3n) is 2.19. The molecule has 0 aliphatic rings. The molecule has 1 heterocycles. The van der Waals surface area contributed by atoms with E-state index in [1.807, 2.05) is 25.1 Å². The van der Waals surface area contributed by atoms with Gasteiger partial charge in [0, 0.05) is 20.2 Å². The largest absolute Gasteiger partial charge is 0.338 e. The van der Waals surface area contributed by atoms with Crippen molar-refractivity contribution in [2.45, 2.75) is 19.9 Å². The van der Waals surface area contributed by atoms with Crippen molar-refractivity contribution in [3.8, 4) is 0 Å². The van der Waals surface area contributed by atoms with Crippen molar-refractivity contribution in [1.82, 2.24) is 9.88 Å². The molecule has 0 fully saturated rings. The molecule has 1 aromatic rings. The van der Waals surface area contributed by atoms with Crippen LogP contribution in [0.4, 0.5) is 0 Å². The average Bonchev–Trinajstić information content (AvgIpc) is 2.17. The molecule has 0 spiro atoms. The van der Waals surface area contributed by atoms with Crippen LogP contribution in [0.25, 0.3) is 0 Å². The quantitative estimate of drug-likeness (QED) is 0.689. The normalized spacial score (nSPS) is 12.2. The molecule has 0 aromatic carbocycles. The van der Waals surface area contributed by atoms with Crippen molar-refractivity contribution >= 4 is 5.91 Å². The van der Waals surface area contributed by atoms with Crippen LogP contribution in [0, 0.1) is 0 Å². The van der Waals surface area contributed by atoms with Gasteiger partial charge >= 0.3 is 0 Å². The van der Waals surface area contributed by atoms with E-state index in [2.05, 4.69) is 4.98 Å². The Hall–Kier alpha value is -1.38. The Bertz CT molecular complexity index is 284. The van der Waals surface area contributed by atoms with Gasteiger partial charge in [0.25, 0.3) is 0 Å². The summed E-state index contributed by atoms with van der Waals surface area (Å²) in [6.45, 7) is 3.52. The number of hydrogen-bond acceptors (Lipinski definition) is 2. The maximum absolute atomic E-state index is 11.1. The van der Waals surface area contributed by atoms with Gasteiger partial charge in [0.1, 0.15) is 0 Å². The molecule has 0 radical (unpaired) electrons. The molecule has 1 amide bonds. The number of aromatic nitrogens is 1. The molecule has 13 heavy (non-hydrogen) atoms. The first-order valence-corrected chi connectivity index (χ1v) is 4.27. The molecule has 0 saturated carbocycles. The van der Waals surface area contributed by atoms with Crippen LogP contribution in [-0.2, 0) is 4.79 Å². The van der Waals surface area contributed by atoms with Crippen molar-refractivity contribution in [2.24, 2.45) is 0 Å². The predicted octanol–water partition coefficient (Wildman–Crippen LogP) is 1.62. The van der Waals surface area contributed by atoms with Gasteiger partial charge in [-0.25, -0.2) is 0 Å². The number of carbonyl (C=O) groups excluding carboxylic acids is 1. The first-order chi connectivity index (χ1) is 6.13. The van der Waals surface area contributed by atoms with Crippen molar-refractivity contribution in [3.05, 3.63) is 30.1 Å². The summed E-state index contributed by atoms with van der Waals surface area (Å²) >= 11 is 0. The van der Waals surface area contributed by atoms with E-state index in [9.17, 15) is 4.79 Å². The van der Waals surface area contributed by atoms with Crippen LogP contribution < -0.4 is 0 Å². The van der Waals surface area contributed by atoms with Gasteiger partial charge in [0.2, 0.25) is 5.91 Å². The van der Waals surface area contributed by atoms with E-state index in [0.29, 0.717) is 0 Å². The zero-order valence-corrected chi connectivity index (χ0v) is 8.19. The van der Waals surface area contributed by atoms with Crippen LogP contribution in [0.5, 0.6) is 0 Å². The van der Waals surface area contributed by atoms with Gasteiger partial charge in [-0.1, -0.05) is 6.07 Å². The van der Waals surface area contributed by atoms with E-state index >= 15 is 0 Å². The summed E-state index contributed by atoms with van der Waals surface area (Å²) in [4.78, 5) is 16.9. The van der Waals surface area contributed by atoms with Crippen LogP contribution in [-0.4, -0.2) is 22.8 Å². The molecule has 3 heteroatoms. The molecule has 0 saturated heterocycles. The van der Waals surface area contributed by atoms with Gasteiger partial charge < -0.3 is 4.90 Å². The minimum Gasteiger partial charge on any atom is -0.338 e. The summed E-state index contributed by atoms with van der Waals surface area (Å²) in [6, 6.07) is 5.75. The Morgan fingerprint density at radius 3 is 2.69 bits per heavy atom. The molecule has 1 aromatic heterocycles. The van der Waals surface area contributed by atoms with Crippen LogP contribution in [0.3, 0.4) is 0 Å². The van der Waals surface area contributed by atoms with Gasteiger partial charge in [-0.15, -0.1) is 0 Å². The highest BCUT2D eigenvalue weighted by molar-refractivity contribution is 5.73. The fraction of sp³-hybridized carbons (Fsp3) is 0.400. The molecule has 1 atom stereocenters. The number of rotatable bonds is 2. The summed E-state index contributed by atoms with van der Waals surface area (Å²) in [5, 5.41) is 0. The number of amides is 1. The van der Waals surface area contributed by atoms with E-state index in [0.717, 1.165) is 5.69 Å². The first kappa shape index (κ1) is 9.71. The number of hydrogen-bond donors (Lipinski definition) is 0. The maximum Gasteiger partial charge on any atom is 0.219 e. The summed E-state index contributed by atoms with van der Waals surface area (Å²) in [7, 11) is 1.78. The average molecular weight is 178 g/mol. The van der Waals surface area contributed by atoms with Gasteiger partial charge in [-0.2, -0.15) is 0 Å². The van der Waals surface area contributed by atoms with Gasteiger partial charge in [-0.05, 0) is 19.1 Å². The van der Waals surface area contributed by atoms with E-state index in [-0.39, 0.29) is 11.9 Å². The lowest BCUT2D eigenvalue weighted by Crippen LogP contribution is -2.27. The zero-order valence-electron chi connectivity index (χ0n) is 8.19. The molecule has 70 valence electrons. The highest BCUT2D eigenvalue weighted by Gasteiger charge is 2.13. The van der Waals surface area contributed by atoms with Crippen molar-refractivity contribution in [1.29, 1.82) is 0 Å². The second-order valence-electron chi connectivity index (χ2n) is 3.06. The monoisotopic (exact) mass is 178 g/mol. The number of pyridine rings is 1. The number of carbonyl (C=O) groups is 1. The van der Waals surface area contributed by atoms with Crippen LogP contribution >= 0.6 is 0 Å². The van der Waals surface area contributed by atoms with Crippen molar-refractivity contribution in [3.63, 3.8) is 0 Å². The van der Waals surface area contributed by atoms with Crippen LogP contribution in [0.1, 0.15) is 25.6 Å². The van der Waals surface area contributed by atoms with E-state index in [4.69, 9.17) is 0 Å². The van der Waals surface area contributed by atoms with Crippen LogP contribution in [0.15, 0.2) is 24.4 Å². The van der Waals surface area contributed by atoms with Crippen molar-refractivity contribution in [2.75, 3.05) is 7.05 Å². The lowest BCUT2D eigenvalue weighted by molar-refractivity contribution is -0.129. The highest BCUT2D eigenvalue weighted by Crippen LogP contribution is 2.15. The predicted molar refractivity (Wildman–Crippen MR) is 51.1 cm³/mol. The topological polar surface area (TPSA) is 33.2 Å². The molecular weight excluding hydrogens is 164 g/mol. The fourth-order valence-electron chi connectivity index (χ4n) is 1.09. The Labute approximate surface area is 78.4 Å². The van der Waals surface area contributed by atoms with E-state index < -0.39 is 0 Å². The molecule has 0 N–H and O–H groups in total. The minimum atomic E-state index is 0.0405. The third-order valence-corrected chi connectivity index (χ3v) is 2.19. The van der Waals surface area contributed by atoms with Crippen LogP contribution in [0.2, 0.25) is 0 Å². The summed E-state index contributed by atoms with van der Waals surface area (Å²) in [5.41, 5.74) is 0.917. The molecule has 0 aliphatic heterocycles. The second kappa shape index (κ2) is 4.03. The standard InChI is InChI=1S/C10H14N2O/c1-8(12(3)9(2)13)10-6-4-5-7-11-10/h4-8H,1-3H3. The minimum absolute atomic E-state index is 0.0405. The molecule has 0 aliphatic carbocycles. The lowest BCUT2D eigenvalue weighted by atomic mass is 10.2. The van der Waals surface area contributed by atoms with Gasteiger partial charge in [-0.3, -0.25) is 9.78 Å². The Kier molecular flexibility index (Phi) is 3.01.